The first-order valence-electron chi connectivity index (χ1n) is 8.94. The first-order chi connectivity index (χ1) is 11.6. The molecule has 1 atom stereocenters. The van der Waals surface area contributed by atoms with E-state index in [2.05, 4.69) is 79.2 Å². The molecular formula is C22H28N2. The Hall–Kier alpha value is -2.06. The molecule has 24 heavy (non-hydrogen) atoms. The molecule has 1 saturated heterocycles. The van der Waals surface area contributed by atoms with Gasteiger partial charge in [-0.15, -0.1) is 0 Å². The van der Waals surface area contributed by atoms with Crippen molar-refractivity contribution in [3.8, 4) is 0 Å². The Balaban J connectivity index is 1.59. The van der Waals surface area contributed by atoms with Gasteiger partial charge in [0, 0.05) is 24.0 Å². The Kier molecular flexibility index (Phi) is 5.37. The Labute approximate surface area is 146 Å². The number of benzene rings is 2. The molecule has 1 aliphatic rings. The molecule has 0 spiro atoms. The Bertz CT molecular complexity index is 690. The number of nitrogens with one attached hydrogen (secondary N) is 1. The third-order valence-corrected chi connectivity index (χ3v) is 5.11. The smallest absolute Gasteiger partial charge is 0.0493 e. The highest BCUT2D eigenvalue weighted by atomic mass is 15.2. The second-order valence-electron chi connectivity index (χ2n) is 6.88. The zero-order valence-electron chi connectivity index (χ0n) is 14.9. The standard InChI is InChI=1S/C22H28N2/c1-17-11-12-21(16-18(17)2)23-19(3)22-10-7-14-24(22)15-13-20-8-5-4-6-9-20/h4-6,8-9,11-12,16,22-23H,3,7,10,13-15H2,1-2H3. The maximum atomic E-state index is 4.34. The van der Waals surface area contributed by atoms with Crippen molar-refractivity contribution in [3.05, 3.63) is 77.5 Å². The van der Waals surface area contributed by atoms with E-state index in [1.807, 2.05) is 0 Å². The summed E-state index contributed by atoms with van der Waals surface area (Å²) in [6, 6.07) is 17.7. The minimum atomic E-state index is 0.440. The second kappa shape index (κ2) is 7.67. The van der Waals surface area contributed by atoms with Gasteiger partial charge in [0.2, 0.25) is 0 Å². The molecule has 0 aromatic heterocycles. The molecule has 126 valence electrons. The fourth-order valence-corrected chi connectivity index (χ4v) is 3.49. The van der Waals surface area contributed by atoms with Gasteiger partial charge in [0.05, 0.1) is 0 Å². The molecule has 2 nitrogen and oxygen atoms in total. The van der Waals surface area contributed by atoms with Gasteiger partial charge in [-0.1, -0.05) is 43.0 Å². The molecule has 0 amide bonds. The van der Waals surface area contributed by atoms with Crippen LogP contribution >= 0.6 is 0 Å². The molecule has 0 aliphatic carbocycles. The van der Waals surface area contributed by atoms with Crippen LogP contribution in [-0.4, -0.2) is 24.0 Å². The van der Waals surface area contributed by atoms with Gasteiger partial charge in [-0.3, -0.25) is 4.90 Å². The van der Waals surface area contributed by atoms with E-state index >= 15 is 0 Å². The molecule has 2 aromatic carbocycles. The third-order valence-electron chi connectivity index (χ3n) is 5.11. The van der Waals surface area contributed by atoms with Crippen LogP contribution in [-0.2, 0) is 6.42 Å². The summed E-state index contributed by atoms with van der Waals surface area (Å²) in [5.74, 6) is 0. The SMILES string of the molecule is C=C(Nc1ccc(C)c(C)c1)C1CCCN1CCc1ccccc1. The van der Waals surface area contributed by atoms with E-state index in [4.69, 9.17) is 0 Å². The van der Waals surface area contributed by atoms with Gasteiger partial charge in [-0.2, -0.15) is 0 Å². The first kappa shape index (κ1) is 16.8. The van der Waals surface area contributed by atoms with Crippen molar-refractivity contribution in [2.24, 2.45) is 0 Å². The molecule has 0 saturated carbocycles. The van der Waals surface area contributed by atoms with Gasteiger partial charge in [0.25, 0.3) is 0 Å². The summed E-state index contributed by atoms with van der Waals surface area (Å²) in [6.45, 7) is 10.9. The number of aryl methyl sites for hydroxylation is 2. The molecule has 2 aromatic rings. The van der Waals surface area contributed by atoms with Gasteiger partial charge >= 0.3 is 0 Å². The summed E-state index contributed by atoms with van der Waals surface area (Å²) in [4.78, 5) is 2.57. The molecule has 0 radical (unpaired) electrons. The zero-order chi connectivity index (χ0) is 16.9. The maximum Gasteiger partial charge on any atom is 0.0493 e. The molecule has 1 fully saturated rings. The Morgan fingerprint density at radius 2 is 1.92 bits per heavy atom. The van der Waals surface area contributed by atoms with Crippen molar-refractivity contribution >= 4 is 5.69 Å². The number of likely N-dealkylation sites (tertiary alicyclic amines) is 1. The van der Waals surface area contributed by atoms with Gasteiger partial charge in [0.15, 0.2) is 0 Å². The van der Waals surface area contributed by atoms with Crippen LogP contribution in [0.4, 0.5) is 5.69 Å². The summed E-state index contributed by atoms with van der Waals surface area (Å²) in [7, 11) is 0. The van der Waals surface area contributed by atoms with Crippen molar-refractivity contribution in [2.45, 2.75) is 39.2 Å². The maximum absolute atomic E-state index is 4.34. The van der Waals surface area contributed by atoms with E-state index in [1.54, 1.807) is 0 Å². The lowest BCUT2D eigenvalue weighted by molar-refractivity contribution is 0.285. The summed E-state index contributed by atoms with van der Waals surface area (Å²) in [5.41, 5.74) is 6.34. The second-order valence-corrected chi connectivity index (χ2v) is 6.88. The molecular weight excluding hydrogens is 292 g/mol. The van der Waals surface area contributed by atoms with Crippen molar-refractivity contribution in [1.29, 1.82) is 0 Å². The minimum Gasteiger partial charge on any atom is -0.358 e. The highest BCUT2D eigenvalue weighted by Gasteiger charge is 2.26. The van der Waals surface area contributed by atoms with E-state index in [9.17, 15) is 0 Å². The van der Waals surface area contributed by atoms with Crippen molar-refractivity contribution in [2.75, 3.05) is 18.4 Å². The van der Waals surface area contributed by atoms with Crippen LogP contribution in [0.1, 0.15) is 29.5 Å². The summed E-state index contributed by atoms with van der Waals surface area (Å²) in [6.07, 6.45) is 3.56. The zero-order valence-corrected chi connectivity index (χ0v) is 14.9. The molecule has 3 rings (SSSR count). The molecule has 1 heterocycles. The number of nitrogens with zero attached hydrogens (tertiary/aromatic N) is 1. The highest BCUT2D eigenvalue weighted by molar-refractivity contribution is 5.52. The lowest BCUT2D eigenvalue weighted by Gasteiger charge is -2.27. The van der Waals surface area contributed by atoms with E-state index < -0.39 is 0 Å². The molecule has 2 heteroatoms. The van der Waals surface area contributed by atoms with Crippen LogP contribution < -0.4 is 5.32 Å². The molecule has 0 bridgehead atoms. The average Bonchev–Trinajstić information content (AvgIpc) is 3.06. The lowest BCUT2D eigenvalue weighted by atomic mass is 10.1. The highest BCUT2D eigenvalue weighted by Crippen LogP contribution is 2.25. The fraction of sp³-hybridized carbons (Fsp3) is 0.364. The van der Waals surface area contributed by atoms with Crippen LogP contribution in [0.15, 0.2) is 60.8 Å². The first-order valence-corrected chi connectivity index (χ1v) is 8.94. The minimum absolute atomic E-state index is 0.440. The van der Waals surface area contributed by atoms with Crippen LogP contribution in [0.3, 0.4) is 0 Å². The molecule has 1 unspecified atom stereocenters. The monoisotopic (exact) mass is 320 g/mol. The van der Waals surface area contributed by atoms with E-state index in [0.29, 0.717) is 6.04 Å². The van der Waals surface area contributed by atoms with Crippen LogP contribution in [0.25, 0.3) is 0 Å². The van der Waals surface area contributed by atoms with Crippen LogP contribution in [0.2, 0.25) is 0 Å². The van der Waals surface area contributed by atoms with Crippen molar-refractivity contribution in [1.82, 2.24) is 4.90 Å². The van der Waals surface area contributed by atoms with Gasteiger partial charge < -0.3 is 5.32 Å². The van der Waals surface area contributed by atoms with Gasteiger partial charge in [-0.05, 0) is 68.5 Å². The van der Waals surface area contributed by atoms with E-state index in [1.165, 1.54) is 36.1 Å². The number of hydrogen-bond donors (Lipinski definition) is 1. The summed E-state index contributed by atoms with van der Waals surface area (Å²) in [5, 5.41) is 3.54. The lowest BCUT2D eigenvalue weighted by Crippen LogP contribution is -2.34. The number of hydrogen-bond acceptors (Lipinski definition) is 2. The average molecular weight is 320 g/mol. The Morgan fingerprint density at radius 3 is 2.67 bits per heavy atom. The molecule has 1 aliphatic heterocycles. The topological polar surface area (TPSA) is 15.3 Å². The van der Waals surface area contributed by atoms with Crippen LogP contribution in [0.5, 0.6) is 0 Å². The Morgan fingerprint density at radius 1 is 1.12 bits per heavy atom. The summed E-state index contributed by atoms with van der Waals surface area (Å²) >= 11 is 0. The predicted octanol–water partition coefficient (Wildman–Crippen LogP) is 4.94. The third kappa shape index (κ3) is 4.07. The van der Waals surface area contributed by atoms with Gasteiger partial charge in [0.1, 0.15) is 0 Å². The van der Waals surface area contributed by atoms with E-state index in [0.717, 1.165) is 24.4 Å². The predicted molar refractivity (Wildman–Crippen MR) is 103 cm³/mol. The van der Waals surface area contributed by atoms with Crippen molar-refractivity contribution < 1.29 is 0 Å². The normalized spacial score (nSPS) is 17.8. The largest absolute Gasteiger partial charge is 0.358 e. The summed E-state index contributed by atoms with van der Waals surface area (Å²) < 4.78 is 0. The van der Waals surface area contributed by atoms with Crippen molar-refractivity contribution in [3.63, 3.8) is 0 Å². The molecule has 1 N–H and O–H groups in total. The van der Waals surface area contributed by atoms with Gasteiger partial charge in [-0.25, -0.2) is 0 Å². The number of rotatable bonds is 6. The number of anilines is 1. The van der Waals surface area contributed by atoms with Crippen LogP contribution in [0, 0.1) is 13.8 Å². The fourth-order valence-electron chi connectivity index (χ4n) is 3.49. The quantitative estimate of drug-likeness (QED) is 0.811. The van der Waals surface area contributed by atoms with E-state index in [-0.39, 0.29) is 0 Å².